The molecular formula is C25H28F3N3O6S. The first kappa shape index (κ1) is 27.9. The Kier molecular flexibility index (Phi) is 8.28. The molecule has 3 aromatic rings. The summed E-state index contributed by atoms with van der Waals surface area (Å²) in [7, 11) is 3.83. The Bertz CT molecular complexity index is 1390. The van der Waals surface area contributed by atoms with Gasteiger partial charge in [0, 0.05) is 45.2 Å². The van der Waals surface area contributed by atoms with Crippen molar-refractivity contribution in [3.8, 4) is 5.75 Å². The first-order valence-corrected chi connectivity index (χ1v) is 12.9. The number of carboxylic acids is 1. The van der Waals surface area contributed by atoms with Crippen molar-refractivity contribution in [2.45, 2.75) is 25.1 Å². The molecule has 2 aliphatic rings. The van der Waals surface area contributed by atoms with Crippen molar-refractivity contribution in [1.82, 2.24) is 14.4 Å². The number of pyridine rings is 1. The third kappa shape index (κ3) is 5.79. The number of hydrogen-bond acceptors (Lipinski definition) is 7. The van der Waals surface area contributed by atoms with Gasteiger partial charge < -0.3 is 28.9 Å². The zero-order chi connectivity index (χ0) is 27.6. The summed E-state index contributed by atoms with van der Waals surface area (Å²) in [6.07, 6.45) is -3.13. The maximum atomic E-state index is 13.5. The van der Waals surface area contributed by atoms with E-state index in [1.165, 1.54) is 11.3 Å². The van der Waals surface area contributed by atoms with E-state index in [2.05, 4.69) is 11.9 Å². The smallest absolute Gasteiger partial charge is 0.488 e. The SMILES string of the molecule is CN1CCN(C(=O)c2sc3c(c2OCC2CCCO2)c(=O)n(C)c2ccccc32)CC1.O=C(O)C(F)(F)F. The van der Waals surface area contributed by atoms with Crippen LogP contribution in [0.2, 0.25) is 0 Å². The van der Waals surface area contributed by atoms with Crippen LogP contribution in [0.15, 0.2) is 29.1 Å². The van der Waals surface area contributed by atoms with Crippen LogP contribution in [0.3, 0.4) is 0 Å². The van der Waals surface area contributed by atoms with E-state index < -0.39 is 12.1 Å². The van der Waals surface area contributed by atoms with Crippen LogP contribution < -0.4 is 10.3 Å². The predicted octanol–water partition coefficient (Wildman–Crippen LogP) is 3.33. The van der Waals surface area contributed by atoms with Gasteiger partial charge in [-0.25, -0.2) is 4.79 Å². The van der Waals surface area contributed by atoms with Gasteiger partial charge in [-0.2, -0.15) is 13.2 Å². The van der Waals surface area contributed by atoms with E-state index in [-0.39, 0.29) is 17.6 Å². The molecule has 1 amide bonds. The second kappa shape index (κ2) is 11.3. The number of rotatable bonds is 4. The molecule has 0 saturated carbocycles. The molecule has 0 spiro atoms. The van der Waals surface area contributed by atoms with Crippen LogP contribution in [0.1, 0.15) is 22.5 Å². The van der Waals surface area contributed by atoms with Gasteiger partial charge in [0.15, 0.2) is 5.75 Å². The molecule has 4 heterocycles. The number of aromatic nitrogens is 1. The number of hydrogen-bond donors (Lipinski definition) is 1. The number of ether oxygens (including phenoxy) is 2. The van der Waals surface area contributed by atoms with Crippen molar-refractivity contribution in [2.75, 3.05) is 46.4 Å². The van der Waals surface area contributed by atoms with Crippen molar-refractivity contribution in [1.29, 1.82) is 0 Å². The lowest BCUT2D eigenvalue weighted by Gasteiger charge is -2.32. The number of amides is 1. The Morgan fingerprint density at radius 1 is 1.16 bits per heavy atom. The van der Waals surface area contributed by atoms with Crippen LogP contribution in [-0.2, 0) is 16.6 Å². The van der Waals surface area contributed by atoms with E-state index in [9.17, 15) is 22.8 Å². The number of likely N-dealkylation sites (N-methyl/N-ethyl adjacent to an activating group) is 1. The van der Waals surface area contributed by atoms with Crippen LogP contribution >= 0.6 is 11.3 Å². The van der Waals surface area contributed by atoms with Gasteiger partial charge in [-0.15, -0.1) is 11.3 Å². The van der Waals surface area contributed by atoms with Gasteiger partial charge in [-0.05, 0) is 26.0 Å². The molecule has 2 saturated heterocycles. The Hall–Kier alpha value is -3.16. The molecule has 2 aliphatic heterocycles. The van der Waals surface area contributed by atoms with Crippen LogP contribution in [0.5, 0.6) is 5.75 Å². The number of carboxylic acid groups (broad SMARTS) is 1. The van der Waals surface area contributed by atoms with Crippen LogP contribution in [0, 0.1) is 0 Å². The Morgan fingerprint density at radius 2 is 1.82 bits per heavy atom. The van der Waals surface area contributed by atoms with Gasteiger partial charge in [0.2, 0.25) is 0 Å². The number of halogens is 3. The second-order valence-corrected chi connectivity index (χ2v) is 10.2. The molecule has 9 nitrogen and oxygen atoms in total. The highest BCUT2D eigenvalue weighted by Gasteiger charge is 2.38. The molecule has 13 heteroatoms. The summed E-state index contributed by atoms with van der Waals surface area (Å²) >= 11 is 1.38. The van der Waals surface area contributed by atoms with Crippen LogP contribution in [0.4, 0.5) is 13.2 Å². The summed E-state index contributed by atoms with van der Waals surface area (Å²) < 4.78 is 46.1. The van der Waals surface area contributed by atoms with E-state index in [0.717, 1.165) is 48.1 Å². The first-order chi connectivity index (χ1) is 18.0. The largest absolute Gasteiger partial charge is 0.490 e. The molecule has 0 radical (unpaired) electrons. The molecule has 0 bridgehead atoms. The molecule has 2 aromatic heterocycles. The van der Waals surface area contributed by atoms with Gasteiger partial charge in [0.1, 0.15) is 16.9 Å². The maximum Gasteiger partial charge on any atom is 0.490 e. The van der Waals surface area contributed by atoms with Gasteiger partial charge in [-0.3, -0.25) is 9.59 Å². The number of aliphatic carboxylic acids is 1. The van der Waals surface area contributed by atoms with Crippen molar-refractivity contribution < 1.29 is 37.3 Å². The number of thiophene rings is 1. The number of alkyl halides is 3. The minimum absolute atomic E-state index is 0.00541. The highest BCUT2D eigenvalue weighted by Crippen LogP contribution is 2.40. The highest BCUT2D eigenvalue weighted by atomic mass is 32.1. The zero-order valence-corrected chi connectivity index (χ0v) is 21.7. The second-order valence-electron chi connectivity index (χ2n) is 9.19. The average Bonchev–Trinajstić information content (AvgIpc) is 3.54. The average molecular weight is 556 g/mol. The van der Waals surface area contributed by atoms with Crippen molar-refractivity contribution in [3.05, 3.63) is 39.5 Å². The zero-order valence-electron chi connectivity index (χ0n) is 20.9. The fourth-order valence-electron chi connectivity index (χ4n) is 4.42. The molecule has 1 aromatic carbocycles. The number of aryl methyl sites for hydroxylation is 1. The third-order valence-electron chi connectivity index (χ3n) is 6.56. The van der Waals surface area contributed by atoms with Gasteiger partial charge in [0.25, 0.3) is 11.5 Å². The fraction of sp³-hybridized carbons (Fsp3) is 0.480. The maximum absolute atomic E-state index is 13.5. The summed E-state index contributed by atoms with van der Waals surface area (Å²) in [6.45, 7) is 4.12. The number of fused-ring (bicyclic) bond motifs is 3. The van der Waals surface area contributed by atoms with Crippen LogP contribution in [-0.4, -0.2) is 90.1 Å². The predicted molar refractivity (Wildman–Crippen MR) is 136 cm³/mol. The molecule has 1 unspecified atom stereocenters. The molecule has 5 rings (SSSR count). The first-order valence-electron chi connectivity index (χ1n) is 12.1. The Labute approximate surface area is 219 Å². The van der Waals surface area contributed by atoms with Gasteiger partial charge in [0.05, 0.1) is 16.3 Å². The number of nitrogens with zero attached hydrogens (tertiary/aromatic N) is 3. The molecule has 0 aliphatic carbocycles. The number of carbonyl (C=O) groups excluding carboxylic acids is 1. The van der Waals surface area contributed by atoms with Crippen LogP contribution in [0.25, 0.3) is 21.0 Å². The normalized spacial score (nSPS) is 18.4. The van der Waals surface area contributed by atoms with E-state index >= 15 is 0 Å². The molecular weight excluding hydrogens is 527 g/mol. The topological polar surface area (TPSA) is 101 Å². The summed E-state index contributed by atoms with van der Waals surface area (Å²) in [4.78, 5) is 40.4. The van der Waals surface area contributed by atoms with Crippen molar-refractivity contribution in [2.24, 2.45) is 7.05 Å². The molecule has 2 fully saturated rings. The molecule has 38 heavy (non-hydrogen) atoms. The number of carbonyl (C=O) groups is 2. The lowest BCUT2D eigenvalue weighted by molar-refractivity contribution is -0.192. The summed E-state index contributed by atoms with van der Waals surface area (Å²) in [5, 5.41) is 8.59. The van der Waals surface area contributed by atoms with E-state index in [1.54, 1.807) is 11.6 Å². The van der Waals surface area contributed by atoms with Gasteiger partial charge >= 0.3 is 12.1 Å². The van der Waals surface area contributed by atoms with Gasteiger partial charge in [-0.1, -0.05) is 18.2 Å². The lowest BCUT2D eigenvalue weighted by atomic mass is 10.1. The quantitative estimate of drug-likeness (QED) is 0.527. The lowest BCUT2D eigenvalue weighted by Crippen LogP contribution is -2.47. The standard InChI is InChI=1S/C23H27N3O4S.C2HF3O2/c1-24-9-11-26(12-10-24)23(28)21-19(30-14-15-6-5-13-29-15)18-20(31-21)16-7-3-4-8-17(16)25(2)22(18)27;3-2(4,5)1(6)7/h3-4,7-8,15H,5-6,9-14H2,1-2H3;(H,6,7). The monoisotopic (exact) mass is 555 g/mol. The molecule has 206 valence electrons. The van der Waals surface area contributed by atoms with E-state index in [1.807, 2.05) is 29.2 Å². The summed E-state index contributed by atoms with van der Waals surface area (Å²) in [5.41, 5.74) is 0.718. The molecule has 1 atom stereocenters. The highest BCUT2D eigenvalue weighted by molar-refractivity contribution is 7.22. The minimum Gasteiger partial charge on any atom is -0.488 e. The van der Waals surface area contributed by atoms with E-state index in [4.69, 9.17) is 19.4 Å². The number of benzene rings is 1. The van der Waals surface area contributed by atoms with Crippen molar-refractivity contribution in [3.63, 3.8) is 0 Å². The Balaban J connectivity index is 0.000000426. The summed E-state index contributed by atoms with van der Waals surface area (Å²) in [5.74, 6) is -2.39. The minimum atomic E-state index is -5.08. The number of para-hydroxylation sites is 1. The van der Waals surface area contributed by atoms with Crippen molar-refractivity contribution >= 4 is 44.2 Å². The van der Waals surface area contributed by atoms with E-state index in [0.29, 0.717) is 35.7 Å². The number of piperazine rings is 1. The summed E-state index contributed by atoms with van der Waals surface area (Å²) in [6, 6.07) is 7.82. The fourth-order valence-corrected chi connectivity index (χ4v) is 5.66. The third-order valence-corrected chi connectivity index (χ3v) is 7.75. The Morgan fingerprint density at radius 3 is 2.42 bits per heavy atom. The molecule has 1 N–H and O–H groups in total.